The summed E-state index contributed by atoms with van der Waals surface area (Å²) < 4.78 is 5.50. The fourth-order valence-corrected chi connectivity index (χ4v) is 2.63. The number of methoxy groups -OCH3 is 1. The van der Waals surface area contributed by atoms with Crippen molar-refractivity contribution in [3.63, 3.8) is 0 Å². The van der Waals surface area contributed by atoms with Gasteiger partial charge >= 0.3 is 0 Å². The molecule has 1 aromatic rings. The van der Waals surface area contributed by atoms with Gasteiger partial charge in [-0.2, -0.15) is 0 Å². The van der Waals surface area contributed by atoms with Crippen LogP contribution < -0.4 is 10.1 Å². The maximum Gasteiger partial charge on any atom is 0.123 e. The standard InChI is InChI=1S/C17H30N2O/c1-13-8-9-15(16(10-13)20-7)14(2)18-11-17(3,4)12-19(5)6/h8-10,14,18H,11-12H2,1-7H3. The molecule has 0 heterocycles. The minimum Gasteiger partial charge on any atom is -0.496 e. The van der Waals surface area contributed by atoms with Crippen molar-refractivity contribution in [2.45, 2.75) is 33.7 Å². The number of benzene rings is 1. The van der Waals surface area contributed by atoms with Crippen molar-refractivity contribution in [3.8, 4) is 5.75 Å². The summed E-state index contributed by atoms with van der Waals surface area (Å²) in [4.78, 5) is 2.23. The minimum atomic E-state index is 0.246. The van der Waals surface area contributed by atoms with Gasteiger partial charge in [-0.25, -0.2) is 0 Å². The molecule has 0 fully saturated rings. The lowest BCUT2D eigenvalue weighted by molar-refractivity contribution is 0.226. The lowest BCUT2D eigenvalue weighted by atomic mass is 9.92. The van der Waals surface area contributed by atoms with Crippen LogP contribution in [-0.2, 0) is 0 Å². The Morgan fingerprint density at radius 3 is 2.50 bits per heavy atom. The van der Waals surface area contributed by atoms with Gasteiger partial charge in [0.15, 0.2) is 0 Å². The van der Waals surface area contributed by atoms with E-state index in [0.29, 0.717) is 0 Å². The highest BCUT2D eigenvalue weighted by Crippen LogP contribution is 2.27. The summed E-state index contributed by atoms with van der Waals surface area (Å²) in [6, 6.07) is 6.68. The van der Waals surface area contributed by atoms with Crippen molar-refractivity contribution in [2.75, 3.05) is 34.3 Å². The van der Waals surface area contributed by atoms with Crippen LogP contribution in [0.1, 0.15) is 37.9 Å². The van der Waals surface area contributed by atoms with Gasteiger partial charge in [0, 0.05) is 24.7 Å². The van der Waals surface area contributed by atoms with Crippen LogP contribution in [0.25, 0.3) is 0 Å². The summed E-state index contributed by atoms with van der Waals surface area (Å²) >= 11 is 0. The summed E-state index contributed by atoms with van der Waals surface area (Å²) in [5.41, 5.74) is 2.69. The lowest BCUT2D eigenvalue weighted by Gasteiger charge is -2.30. The molecule has 20 heavy (non-hydrogen) atoms. The van der Waals surface area contributed by atoms with Crippen molar-refractivity contribution in [3.05, 3.63) is 29.3 Å². The Labute approximate surface area is 124 Å². The molecule has 0 aliphatic carbocycles. The Balaban J connectivity index is 2.69. The van der Waals surface area contributed by atoms with Crippen LogP contribution in [0, 0.1) is 12.3 Å². The molecule has 1 rings (SSSR count). The average Bonchev–Trinajstić information content (AvgIpc) is 2.34. The van der Waals surface area contributed by atoms with E-state index in [0.717, 1.165) is 18.8 Å². The molecule has 0 saturated carbocycles. The fourth-order valence-electron chi connectivity index (χ4n) is 2.63. The third-order valence-electron chi connectivity index (χ3n) is 3.49. The van der Waals surface area contributed by atoms with E-state index in [9.17, 15) is 0 Å². The van der Waals surface area contributed by atoms with Gasteiger partial charge in [0.05, 0.1) is 7.11 Å². The second kappa shape index (κ2) is 7.09. The van der Waals surface area contributed by atoms with E-state index in [-0.39, 0.29) is 11.5 Å². The van der Waals surface area contributed by atoms with Crippen LogP contribution in [0.4, 0.5) is 0 Å². The summed E-state index contributed by atoms with van der Waals surface area (Å²) in [5.74, 6) is 0.968. The topological polar surface area (TPSA) is 24.5 Å². The van der Waals surface area contributed by atoms with Gasteiger partial charge in [-0.1, -0.05) is 26.0 Å². The van der Waals surface area contributed by atoms with Gasteiger partial charge in [-0.15, -0.1) is 0 Å². The second-order valence-electron chi connectivity index (χ2n) is 6.75. The molecule has 1 atom stereocenters. The molecule has 0 spiro atoms. The monoisotopic (exact) mass is 278 g/mol. The maximum atomic E-state index is 5.50. The molecule has 0 amide bonds. The molecule has 1 unspecified atom stereocenters. The fraction of sp³-hybridized carbons (Fsp3) is 0.647. The van der Waals surface area contributed by atoms with E-state index >= 15 is 0 Å². The van der Waals surface area contributed by atoms with E-state index in [1.807, 2.05) is 0 Å². The maximum absolute atomic E-state index is 5.50. The molecule has 3 nitrogen and oxygen atoms in total. The molecule has 0 aliphatic heterocycles. The SMILES string of the molecule is COc1cc(C)ccc1C(C)NCC(C)(C)CN(C)C. The van der Waals surface area contributed by atoms with E-state index < -0.39 is 0 Å². The molecule has 0 aliphatic rings. The van der Waals surface area contributed by atoms with E-state index in [1.54, 1.807) is 7.11 Å². The Morgan fingerprint density at radius 2 is 1.95 bits per heavy atom. The first-order valence-corrected chi connectivity index (χ1v) is 7.28. The number of aryl methyl sites for hydroxylation is 1. The molecule has 1 aromatic carbocycles. The number of nitrogens with zero attached hydrogens (tertiary/aromatic N) is 1. The Bertz CT molecular complexity index is 427. The highest BCUT2D eigenvalue weighted by molar-refractivity contribution is 5.39. The van der Waals surface area contributed by atoms with Gasteiger partial charge in [-0.05, 0) is 45.0 Å². The van der Waals surface area contributed by atoms with Crippen LogP contribution >= 0.6 is 0 Å². The highest BCUT2D eigenvalue weighted by Gasteiger charge is 2.20. The predicted octanol–water partition coefficient (Wildman–Crippen LogP) is 3.24. The number of nitrogens with one attached hydrogen (secondary N) is 1. The molecule has 1 N–H and O–H groups in total. The summed E-state index contributed by atoms with van der Waals surface area (Å²) in [6.07, 6.45) is 0. The van der Waals surface area contributed by atoms with E-state index in [2.05, 4.69) is 70.2 Å². The lowest BCUT2D eigenvalue weighted by Crippen LogP contribution is -2.38. The molecule has 3 heteroatoms. The van der Waals surface area contributed by atoms with Gasteiger partial charge in [-0.3, -0.25) is 0 Å². The Hall–Kier alpha value is -1.06. The molecule has 0 saturated heterocycles. The smallest absolute Gasteiger partial charge is 0.123 e. The first-order chi connectivity index (χ1) is 9.25. The summed E-state index contributed by atoms with van der Waals surface area (Å²) in [5, 5.41) is 3.63. The van der Waals surface area contributed by atoms with Crippen LogP contribution in [0.15, 0.2) is 18.2 Å². The van der Waals surface area contributed by atoms with Crippen molar-refractivity contribution in [1.29, 1.82) is 0 Å². The van der Waals surface area contributed by atoms with Gasteiger partial charge in [0.1, 0.15) is 5.75 Å². The largest absolute Gasteiger partial charge is 0.496 e. The van der Waals surface area contributed by atoms with Gasteiger partial charge < -0.3 is 15.0 Å². The van der Waals surface area contributed by atoms with Crippen LogP contribution in [0.5, 0.6) is 5.75 Å². The van der Waals surface area contributed by atoms with E-state index in [1.165, 1.54) is 11.1 Å². The molecule has 0 bridgehead atoms. The molecule has 0 aromatic heterocycles. The number of hydrogen-bond acceptors (Lipinski definition) is 3. The van der Waals surface area contributed by atoms with Gasteiger partial charge in [0.2, 0.25) is 0 Å². The Kier molecular flexibility index (Phi) is 6.03. The highest BCUT2D eigenvalue weighted by atomic mass is 16.5. The summed E-state index contributed by atoms with van der Waals surface area (Å²) in [6.45, 7) is 10.9. The molecule has 114 valence electrons. The third-order valence-corrected chi connectivity index (χ3v) is 3.49. The number of rotatable bonds is 7. The quantitative estimate of drug-likeness (QED) is 0.828. The molecular weight excluding hydrogens is 248 g/mol. The minimum absolute atomic E-state index is 0.246. The van der Waals surface area contributed by atoms with Crippen molar-refractivity contribution in [1.82, 2.24) is 10.2 Å². The van der Waals surface area contributed by atoms with Crippen molar-refractivity contribution in [2.24, 2.45) is 5.41 Å². The van der Waals surface area contributed by atoms with E-state index in [4.69, 9.17) is 4.74 Å². The van der Waals surface area contributed by atoms with Crippen LogP contribution in [0.2, 0.25) is 0 Å². The normalized spacial score (nSPS) is 13.6. The Morgan fingerprint density at radius 1 is 1.30 bits per heavy atom. The zero-order chi connectivity index (χ0) is 15.3. The average molecular weight is 278 g/mol. The van der Waals surface area contributed by atoms with Crippen LogP contribution in [-0.4, -0.2) is 39.2 Å². The summed E-state index contributed by atoms with van der Waals surface area (Å²) in [7, 11) is 5.98. The second-order valence-corrected chi connectivity index (χ2v) is 6.75. The predicted molar refractivity (Wildman–Crippen MR) is 86.5 cm³/mol. The first kappa shape index (κ1) is 17.0. The number of ether oxygens (including phenoxy) is 1. The van der Waals surface area contributed by atoms with Crippen molar-refractivity contribution < 1.29 is 4.74 Å². The molecule has 0 radical (unpaired) electrons. The zero-order valence-electron chi connectivity index (χ0n) is 14.1. The number of hydrogen-bond donors (Lipinski definition) is 1. The third kappa shape index (κ3) is 5.14. The van der Waals surface area contributed by atoms with Gasteiger partial charge in [0.25, 0.3) is 0 Å². The first-order valence-electron chi connectivity index (χ1n) is 7.28. The van der Waals surface area contributed by atoms with Crippen molar-refractivity contribution >= 4 is 0 Å². The zero-order valence-corrected chi connectivity index (χ0v) is 14.1. The molecular formula is C17H30N2O. The van der Waals surface area contributed by atoms with Crippen LogP contribution in [0.3, 0.4) is 0 Å².